The molecule has 2 aromatic heterocycles. The van der Waals surface area contributed by atoms with E-state index in [4.69, 9.17) is 5.11 Å². The van der Waals surface area contributed by atoms with Gasteiger partial charge in [-0.1, -0.05) is 6.07 Å². The summed E-state index contributed by atoms with van der Waals surface area (Å²) in [5.41, 5.74) is 1.30. The zero-order valence-corrected chi connectivity index (χ0v) is 10.7. The number of nitrogens with one attached hydrogen (secondary N) is 1. The number of carbonyl (C=O) groups is 2. The van der Waals surface area contributed by atoms with Crippen LogP contribution in [0.5, 0.6) is 0 Å². The quantitative estimate of drug-likeness (QED) is 0.761. The number of carboxylic acids is 1. The van der Waals surface area contributed by atoms with Crippen molar-refractivity contribution in [1.29, 1.82) is 0 Å². The van der Waals surface area contributed by atoms with E-state index in [0.717, 1.165) is 0 Å². The molecule has 0 bridgehead atoms. The Morgan fingerprint density at radius 1 is 1.19 bits per heavy atom. The Labute approximate surface area is 118 Å². The van der Waals surface area contributed by atoms with E-state index in [0.29, 0.717) is 16.9 Å². The SMILES string of the molecule is O=C(O)c1cccc(NC(=O)c2cccn3cnnc23)c1. The van der Waals surface area contributed by atoms with Crippen LogP contribution in [0.3, 0.4) is 0 Å². The minimum atomic E-state index is -1.05. The molecule has 0 fully saturated rings. The lowest BCUT2D eigenvalue weighted by molar-refractivity contribution is 0.0696. The summed E-state index contributed by atoms with van der Waals surface area (Å²) < 4.78 is 1.63. The third-order valence-electron chi connectivity index (χ3n) is 2.94. The van der Waals surface area contributed by atoms with E-state index >= 15 is 0 Å². The molecule has 1 amide bonds. The second kappa shape index (κ2) is 5.04. The van der Waals surface area contributed by atoms with Gasteiger partial charge in [-0.15, -0.1) is 10.2 Å². The number of fused-ring (bicyclic) bond motifs is 1. The first-order chi connectivity index (χ1) is 10.1. The van der Waals surface area contributed by atoms with Crippen molar-refractivity contribution in [3.05, 3.63) is 60.0 Å². The van der Waals surface area contributed by atoms with E-state index in [1.807, 2.05) is 0 Å². The maximum Gasteiger partial charge on any atom is 0.335 e. The molecular formula is C14H10N4O3. The van der Waals surface area contributed by atoms with Gasteiger partial charge in [0.2, 0.25) is 0 Å². The molecule has 0 saturated carbocycles. The molecule has 0 saturated heterocycles. The van der Waals surface area contributed by atoms with Gasteiger partial charge in [0.05, 0.1) is 11.1 Å². The highest BCUT2D eigenvalue weighted by atomic mass is 16.4. The van der Waals surface area contributed by atoms with Gasteiger partial charge in [-0.05, 0) is 30.3 Å². The Kier molecular flexibility index (Phi) is 3.07. The Morgan fingerprint density at radius 3 is 2.86 bits per heavy atom. The van der Waals surface area contributed by atoms with Gasteiger partial charge in [0, 0.05) is 11.9 Å². The molecule has 21 heavy (non-hydrogen) atoms. The van der Waals surface area contributed by atoms with Crippen LogP contribution in [-0.2, 0) is 0 Å². The minimum Gasteiger partial charge on any atom is -0.478 e. The van der Waals surface area contributed by atoms with Crippen LogP contribution < -0.4 is 5.32 Å². The highest BCUT2D eigenvalue weighted by Gasteiger charge is 2.13. The van der Waals surface area contributed by atoms with Crippen LogP contribution in [0.4, 0.5) is 5.69 Å². The lowest BCUT2D eigenvalue weighted by Crippen LogP contribution is -2.13. The zero-order valence-electron chi connectivity index (χ0n) is 10.7. The van der Waals surface area contributed by atoms with Gasteiger partial charge in [-0.2, -0.15) is 0 Å². The van der Waals surface area contributed by atoms with Crippen LogP contribution in [-0.4, -0.2) is 31.6 Å². The third-order valence-corrected chi connectivity index (χ3v) is 2.94. The number of benzene rings is 1. The van der Waals surface area contributed by atoms with E-state index in [2.05, 4.69) is 15.5 Å². The van der Waals surface area contributed by atoms with Crippen molar-refractivity contribution < 1.29 is 14.7 Å². The maximum atomic E-state index is 12.3. The molecule has 3 rings (SSSR count). The second-order valence-corrected chi connectivity index (χ2v) is 4.32. The van der Waals surface area contributed by atoms with Crippen molar-refractivity contribution >= 4 is 23.2 Å². The number of aromatic carboxylic acids is 1. The van der Waals surface area contributed by atoms with Gasteiger partial charge < -0.3 is 10.4 Å². The van der Waals surface area contributed by atoms with E-state index < -0.39 is 5.97 Å². The number of anilines is 1. The highest BCUT2D eigenvalue weighted by Crippen LogP contribution is 2.14. The smallest absolute Gasteiger partial charge is 0.335 e. The molecule has 0 atom stereocenters. The first-order valence-corrected chi connectivity index (χ1v) is 6.08. The van der Waals surface area contributed by atoms with Crippen LogP contribution >= 0.6 is 0 Å². The number of carboxylic acid groups (broad SMARTS) is 1. The summed E-state index contributed by atoms with van der Waals surface area (Å²) in [4.78, 5) is 23.2. The standard InChI is InChI=1S/C14H10N4O3/c19-13(11-5-2-6-18-8-15-17-12(11)18)16-10-4-1-3-9(7-10)14(20)21/h1-8H,(H,16,19)(H,20,21). The predicted octanol–water partition coefficient (Wildman–Crippen LogP) is 1.68. The van der Waals surface area contributed by atoms with Gasteiger partial charge in [0.15, 0.2) is 5.65 Å². The van der Waals surface area contributed by atoms with Crippen molar-refractivity contribution in [3.63, 3.8) is 0 Å². The average Bonchev–Trinajstić information content (AvgIpc) is 2.95. The third kappa shape index (κ3) is 2.44. The summed E-state index contributed by atoms with van der Waals surface area (Å²) in [6, 6.07) is 9.37. The molecule has 0 spiro atoms. The lowest BCUT2D eigenvalue weighted by atomic mass is 10.2. The largest absolute Gasteiger partial charge is 0.478 e. The van der Waals surface area contributed by atoms with Crippen molar-refractivity contribution in [2.24, 2.45) is 0 Å². The normalized spacial score (nSPS) is 10.5. The first kappa shape index (κ1) is 12.8. The average molecular weight is 282 g/mol. The predicted molar refractivity (Wildman–Crippen MR) is 74.3 cm³/mol. The fourth-order valence-corrected chi connectivity index (χ4v) is 1.96. The van der Waals surface area contributed by atoms with Gasteiger partial charge in [-0.3, -0.25) is 9.20 Å². The topological polar surface area (TPSA) is 96.6 Å². The molecule has 1 aromatic carbocycles. The Morgan fingerprint density at radius 2 is 2.05 bits per heavy atom. The summed E-state index contributed by atoms with van der Waals surface area (Å²) in [5.74, 6) is -1.43. The molecule has 0 radical (unpaired) electrons. The van der Waals surface area contributed by atoms with Crippen LogP contribution in [0.25, 0.3) is 5.65 Å². The Balaban J connectivity index is 1.91. The van der Waals surface area contributed by atoms with E-state index in [-0.39, 0.29) is 11.5 Å². The van der Waals surface area contributed by atoms with E-state index in [1.165, 1.54) is 18.5 Å². The van der Waals surface area contributed by atoms with Gasteiger partial charge in [0.1, 0.15) is 6.33 Å². The summed E-state index contributed by atoms with van der Waals surface area (Å²) in [7, 11) is 0. The molecule has 0 aliphatic carbocycles. The number of hydrogen-bond acceptors (Lipinski definition) is 4. The number of hydrogen-bond donors (Lipinski definition) is 2. The summed E-state index contributed by atoms with van der Waals surface area (Å²) in [5, 5.41) is 19.2. The monoisotopic (exact) mass is 282 g/mol. The highest BCUT2D eigenvalue weighted by molar-refractivity contribution is 6.08. The van der Waals surface area contributed by atoms with Crippen LogP contribution in [0, 0.1) is 0 Å². The number of rotatable bonds is 3. The Hall–Kier alpha value is -3.22. The fourth-order valence-electron chi connectivity index (χ4n) is 1.96. The first-order valence-electron chi connectivity index (χ1n) is 6.08. The van der Waals surface area contributed by atoms with Gasteiger partial charge >= 0.3 is 5.97 Å². The summed E-state index contributed by atoms with van der Waals surface area (Å²) in [6.45, 7) is 0. The molecule has 0 unspecified atom stereocenters. The molecule has 3 aromatic rings. The molecule has 0 aliphatic rings. The van der Waals surface area contributed by atoms with Crippen molar-refractivity contribution in [2.75, 3.05) is 5.32 Å². The summed E-state index contributed by atoms with van der Waals surface area (Å²) in [6.07, 6.45) is 3.23. The molecule has 7 nitrogen and oxygen atoms in total. The fraction of sp³-hybridized carbons (Fsp3) is 0. The van der Waals surface area contributed by atoms with Crippen LogP contribution in [0.15, 0.2) is 48.9 Å². The number of pyridine rings is 1. The number of carbonyl (C=O) groups excluding carboxylic acids is 1. The zero-order chi connectivity index (χ0) is 14.8. The van der Waals surface area contributed by atoms with Gasteiger partial charge in [-0.25, -0.2) is 4.79 Å². The molecular weight excluding hydrogens is 272 g/mol. The van der Waals surface area contributed by atoms with Crippen molar-refractivity contribution in [2.45, 2.75) is 0 Å². The number of aromatic nitrogens is 3. The molecule has 2 N–H and O–H groups in total. The number of amides is 1. The minimum absolute atomic E-state index is 0.105. The summed E-state index contributed by atoms with van der Waals surface area (Å²) >= 11 is 0. The van der Waals surface area contributed by atoms with Crippen LogP contribution in [0.1, 0.15) is 20.7 Å². The van der Waals surface area contributed by atoms with Crippen LogP contribution in [0.2, 0.25) is 0 Å². The number of nitrogens with zero attached hydrogens (tertiary/aromatic N) is 3. The molecule has 2 heterocycles. The second-order valence-electron chi connectivity index (χ2n) is 4.32. The molecule has 7 heteroatoms. The molecule has 104 valence electrons. The van der Waals surface area contributed by atoms with E-state index in [1.54, 1.807) is 34.9 Å². The van der Waals surface area contributed by atoms with Crippen molar-refractivity contribution in [3.8, 4) is 0 Å². The maximum absolute atomic E-state index is 12.3. The molecule has 0 aliphatic heterocycles. The lowest BCUT2D eigenvalue weighted by Gasteiger charge is -2.06. The Bertz CT molecular complexity index is 841. The van der Waals surface area contributed by atoms with Crippen molar-refractivity contribution in [1.82, 2.24) is 14.6 Å². The van der Waals surface area contributed by atoms with E-state index in [9.17, 15) is 9.59 Å². The van der Waals surface area contributed by atoms with Gasteiger partial charge in [0.25, 0.3) is 5.91 Å².